The molecule has 1 aliphatic carbocycles. The van der Waals surface area contributed by atoms with Gasteiger partial charge in [-0.2, -0.15) is 0 Å². The van der Waals surface area contributed by atoms with Crippen LogP contribution in [0.5, 0.6) is 0 Å². The molecule has 0 saturated carbocycles. The first-order valence-electron chi connectivity index (χ1n) is 4.68. The number of hydrogen-bond donors (Lipinski definition) is 1. The van der Waals surface area contributed by atoms with Crippen molar-refractivity contribution < 1.29 is 9.53 Å². The summed E-state index contributed by atoms with van der Waals surface area (Å²) in [6.45, 7) is 0. The van der Waals surface area contributed by atoms with Gasteiger partial charge in [-0.1, -0.05) is 6.07 Å². The van der Waals surface area contributed by atoms with Crippen molar-refractivity contribution in [3.8, 4) is 0 Å². The molecule has 0 heterocycles. The summed E-state index contributed by atoms with van der Waals surface area (Å²) in [5.74, 6) is -0.367. The fourth-order valence-electron chi connectivity index (χ4n) is 1.98. The Kier molecular flexibility index (Phi) is 2.25. The first-order chi connectivity index (χ1) is 6.72. The quantitative estimate of drug-likeness (QED) is 0.768. The molecule has 0 saturated heterocycles. The number of fused-ring (bicyclic) bond motifs is 1. The molecule has 0 aromatic heterocycles. The summed E-state index contributed by atoms with van der Waals surface area (Å²) < 4.78 is 5.32. The van der Waals surface area contributed by atoms with Gasteiger partial charge in [0.05, 0.1) is 6.10 Å². The van der Waals surface area contributed by atoms with Gasteiger partial charge in [0.25, 0.3) is 0 Å². The molecule has 1 atom stereocenters. The largest absolute Gasteiger partial charge is 0.377 e. The SMILES string of the molecule is COC1CCc2cc(C(N)=O)ccc21. The predicted octanol–water partition coefficient (Wildman–Crippen LogP) is 1.42. The topological polar surface area (TPSA) is 52.3 Å². The first-order valence-corrected chi connectivity index (χ1v) is 4.68. The Morgan fingerprint density at radius 2 is 2.36 bits per heavy atom. The lowest BCUT2D eigenvalue weighted by Gasteiger charge is -2.08. The minimum atomic E-state index is -0.367. The summed E-state index contributed by atoms with van der Waals surface area (Å²) in [5, 5.41) is 0. The van der Waals surface area contributed by atoms with E-state index in [1.807, 2.05) is 12.1 Å². The number of benzene rings is 1. The number of hydrogen-bond acceptors (Lipinski definition) is 2. The molecule has 2 N–H and O–H groups in total. The normalized spacial score (nSPS) is 19.4. The van der Waals surface area contributed by atoms with Crippen molar-refractivity contribution in [2.45, 2.75) is 18.9 Å². The van der Waals surface area contributed by atoms with Crippen molar-refractivity contribution in [2.24, 2.45) is 5.73 Å². The fraction of sp³-hybridized carbons (Fsp3) is 0.364. The molecule has 0 bridgehead atoms. The zero-order valence-corrected chi connectivity index (χ0v) is 8.12. The Hall–Kier alpha value is -1.35. The summed E-state index contributed by atoms with van der Waals surface area (Å²) in [4.78, 5) is 10.9. The van der Waals surface area contributed by atoms with Gasteiger partial charge in [0.1, 0.15) is 0 Å². The molecule has 2 rings (SSSR count). The lowest BCUT2D eigenvalue weighted by atomic mass is 10.1. The van der Waals surface area contributed by atoms with Crippen LogP contribution in [0.15, 0.2) is 18.2 Å². The molecule has 0 radical (unpaired) electrons. The number of ether oxygens (including phenoxy) is 1. The van der Waals surface area contributed by atoms with E-state index in [1.165, 1.54) is 11.1 Å². The van der Waals surface area contributed by atoms with Gasteiger partial charge in [0.2, 0.25) is 5.91 Å². The Morgan fingerprint density at radius 3 is 3.00 bits per heavy atom. The van der Waals surface area contributed by atoms with Gasteiger partial charge in [-0.15, -0.1) is 0 Å². The third-order valence-corrected chi connectivity index (χ3v) is 2.73. The molecule has 0 fully saturated rings. The van der Waals surface area contributed by atoms with Crippen LogP contribution in [0, 0.1) is 0 Å². The highest BCUT2D eigenvalue weighted by Crippen LogP contribution is 2.33. The van der Waals surface area contributed by atoms with Crippen molar-refractivity contribution in [2.75, 3.05) is 7.11 Å². The second-order valence-electron chi connectivity index (χ2n) is 3.54. The van der Waals surface area contributed by atoms with Crippen molar-refractivity contribution in [1.29, 1.82) is 0 Å². The molecule has 3 nitrogen and oxygen atoms in total. The summed E-state index contributed by atoms with van der Waals surface area (Å²) in [5.41, 5.74) is 8.17. The molecule has 1 aromatic carbocycles. The van der Waals surface area contributed by atoms with Gasteiger partial charge in [0.15, 0.2) is 0 Å². The van der Waals surface area contributed by atoms with Crippen molar-refractivity contribution >= 4 is 5.91 Å². The lowest BCUT2D eigenvalue weighted by molar-refractivity contribution is 0.0999. The van der Waals surface area contributed by atoms with E-state index in [-0.39, 0.29) is 12.0 Å². The third kappa shape index (κ3) is 1.40. The van der Waals surface area contributed by atoms with Crippen molar-refractivity contribution in [3.05, 3.63) is 34.9 Å². The van der Waals surface area contributed by atoms with E-state index in [9.17, 15) is 4.79 Å². The minimum Gasteiger partial charge on any atom is -0.377 e. The average Bonchev–Trinajstić information content (AvgIpc) is 2.59. The highest BCUT2D eigenvalue weighted by Gasteiger charge is 2.22. The van der Waals surface area contributed by atoms with Crippen LogP contribution < -0.4 is 5.73 Å². The molecule has 74 valence electrons. The molecule has 1 amide bonds. The van der Waals surface area contributed by atoms with Gasteiger partial charge in [-0.3, -0.25) is 4.79 Å². The van der Waals surface area contributed by atoms with E-state index in [1.54, 1.807) is 13.2 Å². The van der Waals surface area contributed by atoms with Crippen molar-refractivity contribution in [3.63, 3.8) is 0 Å². The number of carbonyl (C=O) groups excluding carboxylic acids is 1. The molecular formula is C11H13NO2. The minimum absolute atomic E-state index is 0.187. The average molecular weight is 191 g/mol. The molecule has 1 aliphatic rings. The Morgan fingerprint density at radius 1 is 1.57 bits per heavy atom. The van der Waals surface area contributed by atoms with Crippen LogP contribution >= 0.6 is 0 Å². The van der Waals surface area contributed by atoms with Crippen LogP contribution in [0.1, 0.15) is 34.0 Å². The zero-order chi connectivity index (χ0) is 10.1. The number of carbonyl (C=O) groups is 1. The van der Waals surface area contributed by atoms with Gasteiger partial charge >= 0.3 is 0 Å². The third-order valence-electron chi connectivity index (χ3n) is 2.73. The summed E-state index contributed by atoms with van der Waals surface area (Å²) in [7, 11) is 1.71. The van der Waals surface area contributed by atoms with Gasteiger partial charge in [-0.05, 0) is 36.1 Å². The maximum absolute atomic E-state index is 10.9. The molecule has 14 heavy (non-hydrogen) atoms. The number of aryl methyl sites for hydroxylation is 1. The fourth-order valence-corrected chi connectivity index (χ4v) is 1.98. The smallest absolute Gasteiger partial charge is 0.248 e. The monoisotopic (exact) mass is 191 g/mol. The van der Waals surface area contributed by atoms with E-state index in [2.05, 4.69) is 0 Å². The van der Waals surface area contributed by atoms with E-state index in [4.69, 9.17) is 10.5 Å². The lowest BCUT2D eigenvalue weighted by Crippen LogP contribution is -2.11. The highest BCUT2D eigenvalue weighted by atomic mass is 16.5. The zero-order valence-electron chi connectivity index (χ0n) is 8.12. The van der Waals surface area contributed by atoms with E-state index in [0.29, 0.717) is 5.56 Å². The van der Waals surface area contributed by atoms with Crippen LogP contribution in [0.2, 0.25) is 0 Å². The van der Waals surface area contributed by atoms with E-state index < -0.39 is 0 Å². The second-order valence-corrected chi connectivity index (χ2v) is 3.54. The predicted molar refractivity (Wildman–Crippen MR) is 53.0 cm³/mol. The summed E-state index contributed by atoms with van der Waals surface area (Å²) >= 11 is 0. The van der Waals surface area contributed by atoms with Crippen LogP contribution in [0.25, 0.3) is 0 Å². The van der Waals surface area contributed by atoms with Crippen LogP contribution in [-0.2, 0) is 11.2 Å². The van der Waals surface area contributed by atoms with Gasteiger partial charge < -0.3 is 10.5 Å². The highest BCUT2D eigenvalue weighted by molar-refractivity contribution is 5.93. The number of methoxy groups -OCH3 is 1. The number of nitrogens with two attached hydrogens (primary N) is 1. The standard InChI is InChI=1S/C11H13NO2/c1-14-10-5-3-7-6-8(11(12)13)2-4-9(7)10/h2,4,6,10H,3,5H2,1H3,(H2,12,13). The molecule has 1 unspecified atom stereocenters. The molecular weight excluding hydrogens is 178 g/mol. The molecule has 1 aromatic rings. The van der Waals surface area contributed by atoms with E-state index >= 15 is 0 Å². The Bertz CT molecular complexity index is 374. The second kappa shape index (κ2) is 3.42. The van der Waals surface area contributed by atoms with Gasteiger partial charge in [0, 0.05) is 12.7 Å². The summed E-state index contributed by atoms with van der Waals surface area (Å²) in [6, 6.07) is 5.58. The van der Waals surface area contributed by atoms with Crippen molar-refractivity contribution in [1.82, 2.24) is 0 Å². The van der Waals surface area contributed by atoms with Crippen LogP contribution in [-0.4, -0.2) is 13.0 Å². The number of amides is 1. The first kappa shape index (κ1) is 9.21. The van der Waals surface area contributed by atoms with Gasteiger partial charge in [-0.25, -0.2) is 0 Å². The molecule has 3 heteroatoms. The van der Waals surface area contributed by atoms with E-state index in [0.717, 1.165) is 12.8 Å². The molecule has 0 spiro atoms. The summed E-state index contributed by atoms with van der Waals surface area (Å²) in [6.07, 6.45) is 2.15. The number of primary amides is 1. The Labute approximate surface area is 82.9 Å². The Balaban J connectivity index is 2.39. The van der Waals surface area contributed by atoms with Crippen LogP contribution in [0.4, 0.5) is 0 Å². The maximum atomic E-state index is 10.9. The maximum Gasteiger partial charge on any atom is 0.248 e. The molecule has 0 aliphatic heterocycles. The van der Waals surface area contributed by atoms with Crippen LogP contribution in [0.3, 0.4) is 0 Å². The number of rotatable bonds is 2.